The smallest absolute Gasteiger partial charge is 0.174 e. The minimum absolute atomic E-state index is 0.400. The predicted molar refractivity (Wildman–Crippen MR) is 74.3 cm³/mol. The van der Waals surface area contributed by atoms with Crippen LogP contribution in [0.3, 0.4) is 0 Å². The molecule has 0 bridgehead atoms. The van der Waals surface area contributed by atoms with Gasteiger partial charge in [0, 0.05) is 5.75 Å². The maximum atomic E-state index is 5.98. The molecule has 1 aromatic rings. The number of ether oxygens (including phenoxy) is 1. The topological polar surface area (TPSA) is 47.0 Å². The van der Waals surface area contributed by atoms with Gasteiger partial charge in [-0.3, -0.25) is 0 Å². The van der Waals surface area contributed by atoms with Crippen LogP contribution < -0.4 is 5.32 Å². The summed E-state index contributed by atoms with van der Waals surface area (Å²) in [6, 6.07) is 0. The lowest BCUT2D eigenvalue weighted by molar-refractivity contribution is 0.0972. The van der Waals surface area contributed by atoms with Gasteiger partial charge in [-0.2, -0.15) is 0 Å². The van der Waals surface area contributed by atoms with E-state index in [4.69, 9.17) is 4.74 Å². The highest BCUT2D eigenvalue weighted by atomic mass is 32.2. The molecule has 18 heavy (non-hydrogen) atoms. The summed E-state index contributed by atoms with van der Waals surface area (Å²) in [5.41, 5.74) is 0.466. The summed E-state index contributed by atoms with van der Waals surface area (Å²) in [7, 11) is 0. The molecule has 4 nitrogen and oxygen atoms in total. The second-order valence-corrected chi connectivity index (χ2v) is 7.73. The molecular weight excluding hydrogens is 266 g/mol. The second kappa shape index (κ2) is 5.45. The van der Waals surface area contributed by atoms with E-state index in [1.165, 1.54) is 19.3 Å². The monoisotopic (exact) mass is 285 g/mol. The molecule has 0 aromatic carbocycles. The molecule has 2 aliphatic heterocycles. The Morgan fingerprint density at radius 1 is 1.44 bits per heavy atom. The summed E-state index contributed by atoms with van der Waals surface area (Å²) in [6.45, 7) is 5.25. The number of thioether (sulfide) groups is 1. The summed E-state index contributed by atoms with van der Waals surface area (Å²) in [5, 5.41) is 12.7. The third-order valence-electron chi connectivity index (χ3n) is 3.85. The van der Waals surface area contributed by atoms with Gasteiger partial charge in [-0.25, -0.2) is 0 Å². The third kappa shape index (κ3) is 2.87. The van der Waals surface area contributed by atoms with E-state index in [-0.39, 0.29) is 0 Å². The van der Waals surface area contributed by atoms with Gasteiger partial charge in [-0.1, -0.05) is 23.1 Å². The Hall–Kier alpha value is -0.170. The van der Waals surface area contributed by atoms with E-state index < -0.39 is 0 Å². The van der Waals surface area contributed by atoms with E-state index in [0.717, 1.165) is 34.8 Å². The van der Waals surface area contributed by atoms with E-state index in [1.807, 2.05) is 6.92 Å². The van der Waals surface area contributed by atoms with Crippen molar-refractivity contribution in [1.82, 2.24) is 15.5 Å². The van der Waals surface area contributed by atoms with E-state index >= 15 is 0 Å². The van der Waals surface area contributed by atoms with Crippen LogP contribution in [0.1, 0.15) is 24.3 Å². The number of nitrogens with one attached hydrogen (secondary N) is 1. The van der Waals surface area contributed by atoms with Crippen molar-refractivity contribution < 1.29 is 4.74 Å². The average Bonchev–Trinajstić information content (AvgIpc) is 2.96. The van der Waals surface area contributed by atoms with Crippen molar-refractivity contribution in [3.05, 3.63) is 5.01 Å². The summed E-state index contributed by atoms with van der Waals surface area (Å²) in [6.07, 6.45) is 4.16. The number of aryl methyl sites for hydroxylation is 1. The SMILES string of the molecule is Cc1nnc(SC[C@H]2CC3(CCNCC3)CO2)s1. The zero-order valence-corrected chi connectivity index (χ0v) is 12.3. The van der Waals surface area contributed by atoms with Gasteiger partial charge in [0.2, 0.25) is 0 Å². The Labute approximate surface area is 116 Å². The molecule has 0 amide bonds. The van der Waals surface area contributed by atoms with Gasteiger partial charge in [-0.15, -0.1) is 10.2 Å². The first-order chi connectivity index (χ1) is 8.76. The van der Waals surface area contributed by atoms with Crippen molar-refractivity contribution in [2.75, 3.05) is 25.4 Å². The Morgan fingerprint density at radius 3 is 3.00 bits per heavy atom. The summed E-state index contributed by atoms with van der Waals surface area (Å²) in [5.74, 6) is 1.02. The van der Waals surface area contributed by atoms with Gasteiger partial charge in [0.1, 0.15) is 5.01 Å². The molecule has 1 aromatic heterocycles. The Balaban J connectivity index is 1.50. The number of hydrogen-bond donors (Lipinski definition) is 1. The lowest BCUT2D eigenvalue weighted by Crippen LogP contribution is -2.37. The second-order valence-electron chi connectivity index (χ2n) is 5.29. The highest BCUT2D eigenvalue weighted by Crippen LogP contribution is 2.41. The lowest BCUT2D eigenvalue weighted by Gasteiger charge is -2.32. The number of nitrogens with zero attached hydrogens (tertiary/aromatic N) is 2. The zero-order chi connectivity index (χ0) is 12.4. The molecule has 3 heterocycles. The van der Waals surface area contributed by atoms with Crippen LogP contribution in [0.2, 0.25) is 0 Å². The van der Waals surface area contributed by atoms with Gasteiger partial charge >= 0.3 is 0 Å². The van der Waals surface area contributed by atoms with E-state index in [0.29, 0.717) is 11.5 Å². The minimum Gasteiger partial charge on any atom is -0.377 e. The van der Waals surface area contributed by atoms with Crippen molar-refractivity contribution in [2.24, 2.45) is 5.41 Å². The van der Waals surface area contributed by atoms with Crippen LogP contribution in [-0.2, 0) is 4.74 Å². The lowest BCUT2D eigenvalue weighted by atomic mass is 9.77. The molecule has 2 fully saturated rings. The number of aromatic nitrogens is 2. The van der Waals surface area contributed by atoms with Crippen LogP contribution in [0.4, 0.5) is 0 Å². The molecule has 100 valence electrons. The quantitative estimate of drug-likeness (QED) is 0.862. The van der Waals surface area contributed by atoms with Crippen LogP contribution in [-0.4, -0.2) is 41.8 Å². The molecule has 1 spiro atoms. The highest BCUT2D eigenvalue weighted by Gasteiger charge is 2.40. The van der Waals surface area contributed by atoms with Crippen LogP contribution in [0.15, 0.2) is 4.34 Å². The number of hydrogen-bond acceptors (Lipinski definition) is 6. The Morgan fingerprint density at radius 2 is 2.28 bits per heavy atom. The van der Waals surface area contributed by atoms with Gasteiger partial charge in [-0.05, 0) is 44.7 Å². The Kier molecular flexibility index (Phi) is 3.89. The maximum absolute atomic E-state index is 5.98. The molecule has 2 aliphatic rings. The number of rotatable bonds is 3. The molecule has 3 rings (SSSR count). The van der Waals surface area contributed by atoms with E-state index in [9.17, 15) is 0 Å². The highest BCUT2D eigenvalue weighted by molar-refractivity contribution is 8.01. The van der Waals surface area contributed by atoms with Gasteiger partial charge in [0.15, 0.2) is 4.34 Å². The molecule has 0 aliphatic carbocycles. The summed E-state index contributed by atoms with van der Waals surface area (Å²) >= 11 is 3.46. The summed E-state index contributed by atoms with van der Waals surface area (Å²) in [4.78, 5) is 0. The standard InChI is InChI=1S/C12H19N3OS2/c1-9-14-15-11(18-9)17-7-10-6-12(8-16-10)2-4-13-5-3-12/h10,13H,2-8H2,1H3/t10-/m1/s1. The number of piperidine rings is 1. The molecule has 0 radical (unpaired) electrons. The van der Waals surface area contributed by atoms with E-state index in [2.05, 4.69) is 15.5 Å². The minimum atomic E-state index is 0.400. The van der Waals surface area contributed by atoms with Crippen molar-refractivity contribution in [2.45, 2.75) is 36.6 Å². The van der Waals surface area contributed by atoms with E-state index in [1.54, 1.807) is 23.1 Å². The summed E-state index contributed by atoms with van der Waals surface area (Å²) < 4.78 is 7.05. The molecule has 6 heteroatoms. The third-order valence-corrected chi connectivity index (χ3v) is 5.95. The van der Waals surface area contributed by atoms with Gasteiger partial charge in [0.25, 0.3) is 0 Å². The van der Waals surface area contributed by atoms with Crippen LogP contribution in [0, 0.1) is 12.3 Å². The van der Waals surface area contributed by atoms with Crippen molar-refractivity contribution >= 4 is 23.1 Å². The van der Waals surface area contributed by atoms with Crippen molar-refractivity contribution in [1.29, 1.82) is 0 Å². The predicted octanol–water partition coefficient (Wildman–Crippen LogP) is 2.10. The molecule has 2 saturated heterocycles. The van der Waals surface area contributed by atoms with Crippen LogP contribution in [0.25, 0.3) is 0 Å². The zero-order valence-electron chi connectivity index (χ0n) is 10.6. The first-order valence-corrected chi connectivity index (χ1v) is 8.31. The average molecular weight is 285 g/mol. The van der Waals surface area contributed by atoms with Gasteiger partial charge in [0.05, 0.1) is 12.7 Å². The fourth-order valence-corrected chi connectivity index (χ4v) is 4.67. The molecule has 1 atom stereocenters. The van der Waals surface area contributed by atoms with Crippen LogP contribution >= 0.6 is 23.1 Å². The maximum Gasteiger partial charge on any atom is 0.174 e. The Bertz CT molecular complexity index is 404. The fourth-order valence-electron chi connectivity index (χ4n) is 2.81. The fraction of sp³-hybridized carbons (Fsp3) is 0.833. The normalized spacial score (nSPS) is 26.8. The van der Waals surface area contributed by atoms with Crippen LogP contribution in [0.5, 0.6) is 0 Å². The molecule has 1 N–H and O–H groups in total. The first kappa shape index (κ1) is 12.8. The van der Waals surface area contributed by atoms with Crippen molar-refractivity contribution in [3.63, 3.8) is 0 Å². The molecular formula is C12H19N3OS2. The molecule has 0 unspecified atom stereocenters. The molecule has 0 saturated carbocycles. The van der Waals surface area contributed by atoms with Gasteiger partial charge < -0.3 is 10.1 Å². The largest absolute Gasteiger partial charge is 0.377 e. The first-order valence-electron chi connectivity index (χ1n) is 6.51. The van der Waals surface area contributed by atoms with Crippen molar-refractivity contribution in [3.8, 4) is 0 Å².